The van der Waals surface area contributed by atoms with Crippen molar-refractivity contribution in [3.8, 4) is 17.2 Å². The summed E-state index contributed by atoms with van der Waals surface area (Å²) in [6.07, 6.45) is 33.4. The number of hydrazine groups is 1. The van der Waals surface area contributed by atoms with E-state index in [2.05, 4.69) is 16.9 Å². The van der Waals surface area contributed by atoms with E-state index in [1.807, 2.05) is 0 Å². The molecule has 92 heavy (non-hydrogen) atoms. The molecule has 2 aromatic rings. The van der Waals surface area contributed by atoms with Gasteiger partial charge in [-0.2, -0.15) is 0 Å². The Morgan fingerprint density at radius 2 is 1.52 bits per heavy atom. The van der Waals surface area contributed by atoms with Crippen molar-refractivity contribution in [3.63, 3.8) is 0 Å². The number of phenols is 2. The van der Waals surface area contributed by atoms with Crippen LogP contribution >= 0.6 is 0 Å². The molecule has 0 unspecified atom stereocenters. The molecule has 0 radical (unpaired) electrons. The van der Waals surface area contributed by atoms with E-state index in [0.717, 1.165) is 43.9 Å². The summed E-state index contributed by atoms with van der Waals surface area (Å²) in [5.41, 5.74) is 11.2. The molecule has 6 bridgehead atoms. The van der Waals surface area contributed by atoms with Gasteiger partial charge in [0.25, 0.3) is 0 Å². The van der Waals surface area contributed by atoms with Crippen LogP contribution in [0.1, 0.15) is 245 Å². The summed E-state index contributed by atoms with van der Waals surface area (Å²) in [5.74, 6) is -1.40. The highest BCUT2D eigenvalue weighted by atomic mass is 16.7. The van der Waals surface area contributed by atoms with Gasteiger partial charge in [0.2, 0.25) is 6.29 Å². The van der Waals surface area contributed by atoms with Crippen molar-refractivity contribution in [1.29, 1.82) is 0 Å². The Morgan fingerprint density at radius 1 is 0.750 bits per heavy atom. The van der Waals surface area contributed by atoms with E-state index in [4.69, 9.17) is 18.9 Å². The van der Waals surface area contributed by atoms with Gasteiger partial charge in [0, 0.05) is 52.5 Å². The Hall–Kier alpha value is -3.64. The average Bonchev–Trinajstić information content (AvgIpc) is 1.40. The highest BCUT2D eigenvalue weighted by Crippen LogP contribution is 2.90. The second-order valence-corrected chi connectivity index (χ2v) is 35.9. The summed E-state index contributed by atoms with van der Waals surface area (Å²) in [7, 11) is 0. The minimum atomic E-state index is -1.83. The molecule has 498 valence electrons. The first-order chi connectivity index (χ1) is 44.2. The third kappa shape index (κ3) is 7.21. The molecule has 19 rings (SSSR count). The summed E-state index contributed by atoms with van der Waals surface area (Å²) in [4.78, 5) is 26.0. The van der Waals surface area contributed by atoms with Gasteiger partial charge in [0.15, 0.2) is 5.78 Å². The van der Waals surface area contributed by atoms with Gasteiger partial charge in [-0.25, -0.2) is 4.79 Å². The fourth-order valence-corrected chi connectivity index (χ4v) is 30.5. The number of rotatable bonds is 7. The van der Waals surface area contributed by atoms with Gasteiger partial charge in [0.1, 0.15) is 41.2 Å². The fourth-order valence-electron chi connectivity index (χ4n) is 30.5. The van der Waals surface area contributed by atoms with Crippen LogP contribution in [0.4, 0.5) is 0 Å². The Labute approximate surface area is 541 Å². The molecule has 2 aromatic carbocycles. The summed E-state index contributed by atoms with van der Waals surface area (Å²) in [5, 5.41) is 85.4. The standard InChI is InChI=1S/C77H102N2O13/c1-42-55(43(2)81)59(83)57-48(58(42)82)28-44(65(87)88)29-51(57)90-66-60(84)62(85)77-31-50-56-47(52(92-77)32-68(19-5-6-20-68)63(86)64(77)91-66)15-16-49(56)73(24-11-27-80)41-89-34-45-30-70-37-72(33-54(70)78-79-76(50,39-70)61(45)73)40-75(36-67(17-3-4-18-67)35-71(75)22-7-8-23-71)53-14-9-12-46-13-10-21-69(46)25-26-74(53,72)38-69/h16,28-29,45-46,50,52-54,60-64,66,78-80,82-86H,3-15,17-27,30-41H2,1-2H3,(H,87,88)/t45-,46-,50+,52+,53+,54-,60+,61-,62+,63+,64+,66+,69+,70+,72-,73-,74+,75-,76+,77-/m0/s1. The molecule has 15 nitrogen and oxygen atoms in total. The van der Waals surface area contributed by atoms with Crippen molar-refractivity contribution in [2.45, 2.75) is 280 Å². The monoisotopic (exact) mass is 1260 g/mol. The lowest BCUT2D eigenvalue weighted by atomic mass is 9.38. The summed E-state index contributed by atoms with van der Waals surface area (Å²) in [6.45, 7) is 4.07. The van der Waals surface area contributed by atoms with Crippen molar-refractivity contribution >= 4 is 22.5 Å². The van der Waals surface area contributed by atoms with Crippen molar-refractivity contribution < 1.29 is 64.3 Å². The molecular formula is C77H102N2O13. The highest BCUT2D eigenvalue weighted by molar-refractivity contribution is 6.11. The molecular weight excluding hydrogens is 1160 g/mol. The van der Waals surface area contributed by atoms with E-state index in [-0.39, 0.29) is 80.9 Å². The largest absolute Gasteiger partial charge is 0.507 e. The third-order valence-corrected chi connectivity index (χ3v) is 32.8. The second kappa shape index (κ2) is 19.6. The first-order valence-corrected chi connectivity index (χ1v) is 37.2. The van der Waals surface area contributed by atoms with Gasteiger partial charge in [-0.05, 0) is 265 Å². The number of carboxylic acids is 1. The number of Topliss-reactive ketones (excluding diaryl/α,β-unsaturated/α-hetero) is 1. The van der Waals surface area contributed by atoms with Crippen LogP contribution in [0.25, 0.3) is 10.8 Å². The number of aliphatic hydroxyl groups excluding tert-OH is 4. The van der Waals surface area contributed by atoms with Crippen molar-refractivity contribution in [3.05, 3.63) is 51.6 Å². The van der Waals surface area contributed by atoms with Crippen LogP contribution in [0.5, 0.6) is 17.2 Å². The van der Waals surface area contributed by atoms with Crippen LogP contribution in [-0.4, -0.2) is 121 Å². The summed E-state index contributed by atoms with van der Waals surface area (Å²) >= 11 is 0. The quantitative estimate of drug-likeness (QED) is 0.0926. The van der Waals surface area contributed by atoms with Crippen molar-refractivity contribution in [2.75, 3.05) is 19.8 Å². The number of fused-ring (bicyclic) bond motifs is 6. The van der Waals surface area contributed by atoms with Crippen LogP contribution in [0.15, 0.2) is 34.9 Å². The lowest BCUT2D eigenvalue weighted by Gasteiger charge is -2.72. The summed E-state index contributed by atoms with van der Waals surface area (Å²) in [6, 6.07) is 2.66. The molecule has 12 aliphatic carbocycles. The number of allylic oxidation sites excluding steroid dienone is 1. The Kier molecular flexibility index (Phi) is 12.7. The summed E-state index contributed by atoms with van der Waals surface area (Å²) < 4.78 is 29.0. The lowest BCUT2D eigenvalue weighted by Crippen LogP contribution is -2.81. The minimum Gasteiger partial charge on any atom is -0.507 e. The van der Waals surface area contributed by atoms with E-state index < -0.39 is 82.0 Å². The van der Waals surface area contributed by atoms with Crippen LogP contribution in [0.3, 0.4) is 0 Å². The molecule has 15 fully saturated rings. The lowest BCUT2D eigenvalue weighted by molar-refractivity contribution is -0.340. The first kappa shape index (κ1) is 59.6. The number of carboxylic acid groups (broad SMARTS) is 1. The van der Waals surface area contributed by atoms with Crippen LogP contribution < -0.4 is 15.6 Å². The molecule has 15 heteroatoms. The third-order valence-electron chi connectivity index (χ3n) is 32.8. The van der Waals surface area contributed by atoms with Crippen molar-refractivity contribution in [2.24, 2.45) is 78.3 Å². The van der Waals surface area contributed by atoms with E-state index in [1.54, 1.807) is 0 Å². The van der Waals surface area contributed by atoms with Crippen LogP contribution in [0.2, 0.25) is 0 Å². The zero-order valence-electron chi connectivity index (χ0n) is 54.7. The maximum Gasteiger partial charge on any atom is 0.335 e. The number of phenolic OH excluding ortho intramolecular Hbond substituents is 2. The minimum absolute atomic E-state index is 0.0704. The van der Waals surface area contributed by atoms with E-state index in [1.165, 1.54) is 184 Å². The van der Waals surface area contributed by atoms with Gasteiger partial charge in [-0.15, -0.1) is 0 Å². The first-order valence-electron chi connectivity index (χ1n) is 37.2. The normalized spacial score (nSPS) is 48.1. The smallest absolute Gasteiger partial charge is 0.335 e. The fraction of sp³-hybridized carbons (Fsp3) is 0.792. The molecule has 11 saturated carbocycles. The van der Waals surface area contributed by atoms with Crippen LogP contribution in [0, 0.1) is 85.2 Å². The number of nitrogens with one attached hydrogen (secondary N) is 2. The second-order valence-electron chi connectivity index (χ2n) is 35.9. The number of hydrogen-bond acceptors (Lipinski definition) is 14. The van der Waals surface area contributed by atoms with Crippen LogP contribution in [-0.2, 0) is 14.2 Å². The molecule has 0 amide bonds. The number of ketones is 1. The van der Waals surface area contributed by atoms with Crippen molar-refractivity contribution in [1.82, 2.24) is 10.9 Å². The molecule has 17 aliphatic rings. The number of carbonyl (C=O) groups excluding carboxylic acids is 1. The molecule has 0 aromatic heterocycles. The number of ether oxygens (including phenoxy) is 4. The Bertz CT molecular complexity index is 3560. The topological polar surface area (TPSA) is 237 Å². The maximum absolute atomic E-state index is 13.8. The Balaban J connectivity index is 0.763. The van der Waals surface area contributed by atoms with Gasteiger partial charge >= 0.3 is 5.97 Å². The number of aromatic carboxylic acids is 1. The molecule has 5 heterocycles. The SMILES string of the molecule is CC(=O)c1c(C)c(O)c2cc(C(=O)O)cc(O[C@@H]3O[C@@H]4[C@@H](O)C5(CCCC5)C[C@H]5O[C@@]4(C[C@@H]4C6=C5CC=C6[C@]5(CCCO)COC[C@@H]6C[C@@]78C[C@]4(NN[C@H]7C[C@]4(C8)C[C@@]7(CC8(CCCC8)CC78CCCC8)[C@@H]7CCC[C@H]8CCC[C@]89CC[C@@]74C9)[C@@H]65)[C@H](O)[C@H]3O)c2c1O. The molecule has 9 N–H and O–H groups in total. The zero-order valence-corrected chi connectivity index (χ0v) is 54.7. The number of hydrogen-bond donors (Lipinski definition) is 9. The predicted molar refractivity (Wildman–Crippen MR) is 341 cm³/mol. The van der Waals surface area contributed by atoms with Gasteiger partial charge in [0.05, 0.1) is 35.3 Å². The number of aromatic hydroxyl groups is 2. The zero-order chi connectivity index (χ0) is 62.8. The molecule has 5 aliphatic heterocycles. The highest BCUT2D eigenvalue weighted by Gasteiger charge is 2.84. The molecule has 20 atom stereocenters. The van der Waals surface area contributed by atoms with Gasteiger partial charge in [-0.3, -0.25) is 15.6 Å². The average molecular weight is 1260 g/mol. The van der Waals surface area contributed by atoms with Gasteiger partial charge < -0.3 is 54.7 Å². The molecule has 10 spiro atoms. The van der Waals surface area contributed by atoms with E-state index in [0.29, 0.717) is 72.4 Å². The van der Waals surface area contributed by atoms with Gasteiger partial charge in [-0.1, -0.05) is 57.4 Å². The number of aliphatic hydroxyl groups is 4. The predicted octanol–water partition coefficient (Wildman–Crippen LogP) is 12.3. The number of carbonyl (C=O) groups is 2. The Morgan fingerprint density at radius 3 is 2.30 bits per heavy atom. The van der Waals surface area contributed by atoms with E-state index in [9.17, 15) is 45.3 Å². The number of benzene rings is 2. The maximum atomic E-state index is 13.8. The van der Waals surface area contributed by atoms with E-state index >= 15 is 0 Å². The molecule has 4 saturated heterocycles.